The summed E-state index contributed by atoms with van der Waals surface area (Å²) >= 11 is 6.20. The van der Waals surface area contributed by atoms with Crippen molar-refractivity contribution in [3.8, 4) is 6.07 Å². The van der Waals surface area contributed by atoms with Crippen molar-refractivity contribution >= 4 is 23.4 Å². The van der Waals surface area contributed by atoms with Crippen LogP contribution in [0.1, 0.15) is 63.5 Å². The van der Waals surface area contributed by atoms with Crippen LogP contribution in [0.4, 0.5) is 0 Å². The lowest BCUT2D eigenvalue weighted by molar-refractivity contribution is -0.138. The molecule has 186 valence electrons. The van der Waals surface area contributed by atoms with Crippen molar-refractivity contribution in [3.05, 3.63) is 70.7 Å². The molecule has 0 saturated carbocycles. The smallest absolute Gasteiger partial charge is 0.242 e. The summed E-state index contributed by atoms with van der Waals surface area (Å²) in [5, 5.41) is 13.7. The Morgan fingerprint density at radius 2 is 1.86 bits per heavy atom. The monoisotopic (exact) mass is 493 g/mol. The SMILES string of the molecule is CC(C)[C@@](C#N)(CCCCC(=O)N1CCC[C@@H]1C(=O)NCCc1ccccc1Cl)c1ccccc1. The van der Waals surface area contributed by atoms with Crippen molar-refractivity contribution in [1.82, 2.24) is 10.2 Å². The number of nitrogens with one attached hydrogen (secondary N) is 1. The van der Waals surface area contributed by atoms with Crippen molar-refractivity contribution in [1.29, 1.82) is 5.26 Å². The lowest BCUT2D eigenvalue weighted by Crippen LogP contribution is -2.46. The molecule has 0 aromatic heterocycles. The van der Waals surface area contributed by atoms with Gasteiger partial charge in [-0.3, -0.25) is 9.59 Å². The molecule has 2 amide bonds. The predicted molar refractivity (Wildman–Crippen MR) is 140 cm³/mol. The molecular formula is C29H36ClN3O2. The average Bonchev–Trinajstić information content (AvgIpc) is 3.36. The number of hydrogen-bond donors (Lipinski definition) is 1. The van der Waals surface area contributed by atoms with Crippen molar-refractivity contribution in [2.45, 2.75) is 70.3 Å². The number of halogens is 1. The molecule has 0 spiro atoms. The highest BCUT2D eigenvalue weighted by molar-refractivity contribution is 6.31. The van der Waals surface area contributed by atoms with Gasteiger partial charge in [-0.05, 0) is 55.2 Å². The van der Waals surface area contributed by atoms with Crippen LogP contribution in [-0.4, -0.2) is 35.8 Å². The molecule has 0 unspecified atom stereocenters. The number of rotatable bonds is 11. The van der Waals surface area contributed by atoms with Crippen LogP contribution in [0.25, 0.3) is 0 Å². The van der Waals surface area contributed by atoms with Gasteiger partial charge in [-0.15, -0.1) is 0 Å². The second-order valence-electron chi connectivity index (χ2n) is 9.69. The standard InChI is InChI=1S/C29H36ClN3O2/c1-22(2)29(21-31,24-12-4-3-5-13-24)18-9-8-16-27(34)33-20-10-15-26(33)28(35)32-19-17-23-11-6-7-14-25(23)30/h3-7,11-14,22,26H,8-10,15-20H2,1-2H3,(H,32,35)/t26-,29+/m1/s1. The minimum atomic E-state index is -0.554. The summed E-state index contributed by atoms with van der Waals surface area (Å²) in [4.78, 5) is 27.5. The molecule has 5 nitrogen and oxygen atoms in total. The molecule has 2 aromatic rings. The van der Waals surface area contributed by atoms with E-state index in [1.54, 1.807) is 4.90 Å². The number of carbonyl (C=O) groups is 2. The number of nitrogens with zero attached hydrogens (tertiary/aromatic N) is 2. The van der Waals surface area contributed by atoms with Gasteiger partial charge in [0.1, 0.15) is 6.04 Å². The number of carbonyl (C=O) groups excluding carboxylic acids is 2. The minimum absolute atomic E-state index is 0.0283. The molecule has 0 aliphatic carbocycles. The topological polar surface area (TPSA) is 73.2 Å². The zero-order valence-corrected chi connectivity index (χ0v) is 21.6. The van der Waals surface area contributed by atoms with Gasteiger partial charge in [0.15, 0.2) is 0 Å². The molecule has 2 aromatic carbocycles. The molecule has 1 saturated heterocycles. The van der Waals surface area contributed by atoms with Gasteiger partial charge in [0, 0.05) is 24.5 Å². The highest BCUT2D eigenvalue weighted by Gasteiger charge is 2.36. The van der Waals surface area contributed by atoms with Gasteiger partial charge >= 0.3 is 0 Å². The maximum Gasteiger partial charge on any atom is 0.242 e. The van der Waals surface area contributed by atoms with E-state index >= 15 is 0 Å². The molecule has 1 heterocycles. The van der Waals surface area contributed by atoms with E-state index in [0.29, 0.717) is 50.2 Å². The first-order valence-corrected chi connectivity index (χ1v) is 13.0. The molecule has 0 bridgehead atoms. The Kier molecular flexibility index (Phi) is 9.74. The van der Waals surface area contributed by atoms with Crippen LogP contribution in [0.2, 0.25) is 5.02 Å². The Bertz CT molecular complexity index is 1030. The molecule has 2 atom stereocenters. The number of amides is 2. The highest BCUT2D eigenvalue weighted by atomic mass is 35.5. The second kappa shape index (κ2) is 12.7. The second-order valence-corrected chi connectivity index (χ2v) is 10.1. The Morgan fingerprint density at radius 1 is 1.14 bits per heavy atom. The molecule has 6 heteroatoms. The summed E-state index contributed by atoms with van der Waals surface area (Å²) in [5.41, 5.74) is 1.48. The van der Waals surface area contributed by atoms with E-state index in [9.17, 15) is 14.9 Å². The van der Waals surface area contributed by atoms with Gasteiger partial charge in [-0.2, -0.15) is 5.26 Å². The fraction of sp³-hybridized carbons (Fsp3) is 0.483. The van der Waals surface area contributed by atoms with Crippen LogP contribution in [0, 0.1) is 17.2 Å². The lowest BCUT2D eigenvalue weighted by atomic mass is 9.69. The summed E-state index contributed by atoms with van der Waals surface area (Å²) < 4.78 is 0. The molecule has 35 heavy (non-hydrogen) atoms. The van der Waals surface area contributed by atoms with Gasteiger partial charge in [0.25, 0.3) is 0 Å². The fourth-order valence-corrected chi connectivity index (χ4v) is 5.28. The van der Waals surface area contributed by atoms with E-state index in [1.807, 2.05) is 54.6 Å². The number of nitriles is 1. The van der Waals surface area contributed by atoms with E-state index in [4.69, 9.17) is 11.6 Å². The first kappa shape index (κ1) is 26.8. The van der Waals surface area contributed by atoms with E-state index < -0.39 is 11.5 Å². The average molecular weight is 494 g/mol. The van der Waals surface area contributed by atoms with Crippen molar-refractivity contribution < 1.29 is 9.59 Å². The van der Waals surface area contributed by atoms with Crippen LogP contribution in [0.5, 0.6) is 0 Å². The maximum absolute atomic E-state index is 13.0. The molecule has 1 fully saturated rings. The quantitative estimate of drug-likeness (QED) is 0.410. The summed E-state index contributed by atoms with van der Waals surface area (Å²) in [6.45, 7) is 5.28. The van der Waals surface area contributed by atoms with E-state index in [0.717, 1.165) is 24.0 Å². The van der Waals surface area contributed by atoms with Crippen molar-refractivity contribution in [2.75, 3.05) is 13.1 Å². The van der Waals surface area contributed by atoms with Gasteiger partial charge in [-0.25, -0.2) is 0 Å². The normalized spacial score (nSPS) is 17.1. The first-order valence-electron chi connectivity index (χ1n) is 12.7. The first-order chi connectivity index (χ1) is 16.9. The maximum atomic E-state index is 13.0. The number of unbranched alkanes of at least 4 members (excludes halogenated alkanes) is 1. The van der Waals surface area contributed by atoms with Crippen molar-refractivity contribution in [3.63, 3.8) is 0 Å². The summed E-state index contributed by atoms with van der Waals surface area (Å²) in [5.74, 6) is 0.110. The third-order valence-electron chi connectivity index (χ3n) is 7.21. The van der Waals surface area contributed by atoms with Crippen LogP contribution in [-0.2, 0) is 21.4 Å². The minimum Gasteiger partial charge on any atom is -0.354 e. The number of likely N-dealkylation sites (tertiary alicyclic amines) is 1. The fourth-order valence-electron chi connectivity index (χ4n) is 5.05. The summed E-state index contributed by atoms with van der Waals surface area (Å²) in [6.07, 6.45) is 4.80. The Morgan fingerprint density at radius 3 is 2.54 bits per heavy atom. The van der Waals surface area contributed by atoms with Crippen LogP contribution < -0.4 is 5.32 Å². The Balaban J connectivity index is 1.48. The van der Waals surface area contributed by atoms with Crippen LogP contribution >= 0.6 is 11.6 Å². The van der Waals surface area contributed by atoms with E-state index in [2.05, 4.69) is 25.2 Å². The van der Waals surface area contributed by atoms with Gasteiger partial charge in [0.2, 0.25) is 11.8 Å². The predicted octanol–water partition coefficient (Wildman–Crippen LogP) is 5.67. The zero-order chi connectivity index (χ0) is 25.3. The third-order valence-corrected chi connectivity index (χ3v) is 7.58. The third kappa shape index (κ3) is 6.64. The lowest BCUT2D eigenvalue weighted by Gasteiger charge is -2.31. The Hall–Kier alpha value is -2.84. The molecule has 0 radical (unpaired) electrons. The molecular weight excluding hydrogens is 458 g/mol. The molecule has 3 rings (SSSR count). The molecule has 1 N–H and O–H groups in total. The van der Waals surface area contributed by atoms with Gasteiger partial charge < -0.3 is 10.2 Å². The zero-order valence-electron chi connectivity index (χ0n) is 20.8. The summed E-state index contributed by atoms with van der Waals surface area (Å²) in [6, 6.07) is 19.7. The molecule has 1 aliphatic heterocycles. The van der Waals surface area contributed by atoms with E-state index in [1.165, 1.54) is 0 Å². The summed E-state index contributed by atoms with van der Waals surface area (Å²) in [7, 11) is 0. The van der Waals surface area contributed by atoms with Crippen molar-refractivity contribution in [2.24, 2.45) is 5.92 Å². The largest absolute Gasteiger partial charge is 0.354 e. The van der Waals surface area contributed by atoms with Crippen LogP contribution in [0.3, 0.4) is 0 Å². The van der Waals surface area contributed by atoms with E-state index in [-0.39, 0.29) is 17.7 Å². The number of benzene rings is 2. The van der Waals surface area contributed by atoms with Crippen LogP contribution in [0.15, 0.2) is 54.6 Å². The number of hydrogen-bond acceptors (Lipinski definition) is 3. The van der Waals surface area contributed by atoms with Gasteiger partial charge in [0.05, 0.1) is 11.5 Å². The highest BCUT2D eigenvalue weighted by Crippen LogP contribution is 2.37. The Labute approximate surface area is 214 Å². The van der Waals surface area contributed by atoms with Gasteiger partial charge in [-0.1, -0.05) is 80.4 Å². The molecule has 1 aliphatic rings.